The Morgan fingerprint density at radius 1 is 1.25 bits per heavy atom. The third kappa shape index (κ3) is 3.28. The van der Waals surface area contributed by atoms with Gasteiger partial charge in [-0.15, -0.1) is 11.3 Å². The average molecular weight is 343 g/mol. The van der Waals surface area contributed by atoms with Gasteiger partial charge in [-0.1, -0.05) is 12.1 Å². The lowest BCUT2D eigenvalue weighted by Crippen LogP contribution is -2.25. The zero-order chi connectivity index (χ0) is 17.3. The van der Waals surface area contributed by atoms with Gasteiger partial charge in [0.25, 0.3) is 5.91 Å². The Balaban J connectivity index is 1.74. The van der Waals surface area contributed by atoms with Gasteiger partial charge in [-0.3, -0.25) is 4.79 Å². The van der Waals surface area contributed by atoms with Crippen molar-refractivity contribution >= 4 is 27.5 Å². The number of thiophene rings is 1. The molecule has 0 atom stereocenters. The number of hydrogen-bond acceptors (Lipinski definition) is 4. The summed E-state index contributed by atoms with van der Waals surface area (Å²) in [5.74, 6) is 0.326. The maximum Gasteiger partial charge on any atom is 0.261 e. The second-order valence-electron chi connectivity index (χ2n) is 5.73. The molecule has 0 aliphatic heterocycles. The zero-order valence-corrected chi connectivity index (χ0v) is 14.6. The van der Waals surface area contributed by atoms with Crippen LogP contribution in [0.15, 0.2) is 24.3 Å². The molecule has 0 spiro atoms. The smallest absolute Gasteiger partial charge is 0.261 e. The van der Waals surface area contributed by atoms with E-state index in [1.807, 2.05) is 26.8 Å². The van der Waals surface area contributed by atoms with Crippen molar-refractivity contribution in [2.45, 2.75) is 27.2 Å². The van der Waals surface area contributed by atoms with Gasteiger partial charge in [0, 0.05) is 17.6 Å². The first kappa shape index (κ1) is 16.5. The van der Waals surface area contributed by atoms with E-state index in [4.69, 9.17) is 0 Å². The molecule has 2 aromatic heterocycles. The van der Waals surface area contributed by atoms with Gasteiger partial charge in [-0.05, 0) is 50.5 Å². The van der Waals surface area contributed by atoms with Crippen molar-refractivity contribution in [3.63, 3.8) is 0 Å². The Hall–Kier alpha value is -2.34. The van der Waals surface area contributed by atoms with Crippen LogP contribution in [0.25, 0.3) is 10.2 Å². The molecule has 0 bridgehead atoms. The van der Waals surface area contributed by atoms with Crippen LogP contribution in [0, 0.1) is 26.6 Å². The summed E-state index contributed by atoms with van der Waals surface area (Å²) in [7, 11) is 0. The van der Waals surface area contributed by atoms with Crippen LogP contribution < -0.4 is 5.32 Å². The maximum atomic E-state index is 13.2. The molecule has 124 valence electrons. The highest BCUT2D eigenvalue weighted by Gasteiger charge is 2.18. The van der Waals surface area contributed by atoms with Crippen LogP contribution in [0.1, 0.15) is 32.3 Å². The Labute approximate surface area is 143 Å². The zero-order valence-electron chi connectivity index (χ0n) is 13.8. The van der Waals surface area contributed by atoms with Crippen molar-refractivity contribution in [2.24, 2.45) is 0 Å². The van der Waals surface area contributed by atoms with Crippen LogP contribution in [0.2, 0.25) is 0 Å². The minimum Gasteiger partial charge on any atom is -0.351 e. The lowest BCUT2D eigenvalue weighted by Gasteiger charge is -2.05. The fraction of sp³-hybridized carbons (Fsp3) is 0.278. The molecule has 0 radical (unpaired) electrons. The van der Waals surface area contributed by atoms with Crippen LogP contribution >= 0.6 is 11.3 Å². The second-order valence-corrected chi connectivity index (χ2v) is 6.73. The summed E-state index contributed by atoms with van der Waals surface area (Å²) in [4.78, 5) is 22.8. The molecule has 6 heteroatoms. The predicted molar refractivity (Wildman–Crippen MR) is 94.1 cm³/mol. The van der Waals surface area contributed by atoms with Gasteiger partial charge in [0.05, 0.1) is 4.88 Å². The number of fused-ring (bicyclic) bond motifs is 1. The molecule has 0 fully saturated rings. The van der Waals surface area contributed by atoms with E-state index in [0.29, 0.717) is 23.7 Å². The van der Waals surface area contributed by atoms with Gasteiger partial charge in [-0.2, -0.15) is 0 Å². The molecule has 0 unspecified atom stereocenters. The molecule has 0 saturated carbocycles. The first-order chi connectivity index (χ1) is 11.5. The summed E-state index contributed by atoms with van der Waals surface area (Å²) in [6, 6.07) is 6.42. The van der Waals surface area contributed by atoms with Gasteiger partial charge in [-0.25, -0.2) is 14.4 Å². The number of benzene rings is 1. The standard InChI is InChI=1S/C18H18FN3OS/c1-10-15-11(2)21-12(3)22-18(15)24-16(10)17(23)20-8-7-13-5-4-6-14(19)9-13/h4-6,9H,7-8H2,1-3H3,(H,20,23). The van der Waals surface area contributed by atoms with Crippen molar-refractivity contribution in [2.75, 3.05) is 6.54 Å². The number of rotatable bonds is 4. The Bertz CT molecular complexity index is 920. The van der Waals surface area contributed by atoms with E-state index >= 15 is 0 Å². The van der Waals surface area contributed by atoms with E-state index in [0.717, 1.165) is 27.0 Å². The summed E-state index contributed by atoms with van der Waals surface area (Å²) in [5.41, 5.74) is 2.67. The molecular weight excluding hydrogens is 325 g/mol. The summed E-state index contributed by atoms with van der Waals surface area (Å²) < 4.78 is 13.2. The van der Waals surface area contributed by atoms with E-state index < -0.39 is 0 Å². The number of aromatic nitrogens is 2. The quantitative estimate of drug-likeness (QED) is 0.785. The van der Waals surface area contributed by atoms with Gasteiger partial charge in [0.1, 0.15) is 16.5 Å². The topological polar surface area (TPSA) is 54.9 Å². The number of carbonyl (C=O) groups is 1. The first-order valence-corrected chi connectivity index (χ1v) is 8.54. The molecule has 0 aliphatic rings. The first-order valence-electron chi connectivity index (χ1n) is 7.72. The molecular formula is C18H18FN3OS. The fourth-order valence-corrected chi connectivity index (χ4v) is 3.98. The van der Waals surface area contributed by atoms with E-state index in [2.05, 4.69) is 15.3 Å². The molecule has 0 aliphatic carbocycles. The molecule has 2 heterocycles. The molecule has 24 heavy (non-hydrogen) atoms. The van der Waals surface area contributed by atoms with Crippen molar-refractivity contribution in [1.29, 1.82) is 0 Å². The highest BCUT2D eigenvalue weighted by atomic mass is 32.1. The molecule has 0 saturated heterocycles. The van der Waals surface area contributed by atoms with Crippen LogP contribution in [-0.2, 0) is 6.42 Å². The molecule has 1 aromatic carbocycles. The molecule has 1 N–H and O–H groups in total. The van der Waals surface area contributed by atoms with E-state index in [-0.39, 0.29) is 11.7 Å². The van der Waals surface area contributed by atoms with Crippen LogP contribution in [0.5, 0.6) is 0 Å². The SMILES string of the molecule is Cc1nc(C)c2c(C)c(C(=O)NCCc3cccc(F)c3)sc2n1. The molecule has 4 nitrogen and oxygen atoms in total. The summed E-state index contributed by atoms with van der Waals surface area (Å²) >= 11 is 1.39. The number of amides is 1. The van der Waals surface area contributed by atoms with Gasteiger partial charge >= 0.3 is 0 Å². The van der Waals surface area contributed by atoms with Crippen LogP contribution in [0.4, 0.5) is 4.39 Å². The number of nitrogens with one attached hydrogen (secondary N) is 1. The van der Waals surface area contributed by atoms with Crippen molar-refractivity contribution in [1.82, 2.24) is 15.3 Å². The van der Waals surface area contributed by atoms with Crippen molar-refractivity contribution < 1.29 is 9.18 Å². The molecule has 3 aromatic rings. The monoisotopic (exact) mass is 343 g/mol. The van der Waals surface area contributed by atoms with E-state index in [1.165, 1.54) is 23.5 Å². The Kier molecular flexibility index (Phi) is 4.57. The van der Waals surface area contributed by atoms with E-state index in [9.17, 15) is 9.18 Å². The van der Waals surface area contributed by atoms with Crippen LogP contribution in [0.3, 0.4) is 0 Å². The van der Waals surface area contributed by atoms with Gasteiger partial charge < -0.3 is 5.32 Å². The van der Waals surface area contributed by atoms with Gasteiger partial charge in [0.15, 0.2) is 0 Å². The molecule has 1 amide bonds. The summed E-state index contributed by atoms with van der Waals surface area (Å²) in [5, 5.41) is 3.86. The number of aryl methyl sites for hydroxylation is 3. The second kappa shape index (κ2) is 6.65. The third-order valence-electron chi connectivity index (χ3n) is 3.88. The lowest BCUT2D eigenvalue weighted by atomic mass is 10.1. The number of hydrogen-bond donors (Lipinski definition) is 1. The summed E-state index contributed by atoms with van der Waals surface area (Å²) in [6.45, 7) is 6.16. The number of nitrogens with zero attached hydrogens (tertiary/aromatic N) is 2. The van der Waals surface area contributed by atoms with E-state index in [1.54, 1.807) is 6.07 Å². The minimum absolute atomic E-state index is 0.121. The van der Waals surface area contributed by atoms with Gasteiger partial charge in [0.2, 0.25) is 0 Å². The lowest BCUT2D eigenvalue weighted by molar-refractivity contribution is 0.0957. The largest absolute Gasteiger partial charge is 0.351 e. The average Bonchev–Trinajstić information content (AvgIpc) is 2.84. The maximum absolute atomic E-state index is 13.2. The minimum atomic E-state index is -0.261. The fourth-order valence-electron chi connectivity index (χ4n) is 2.78. The predicted octanol–water partition coefficient (Wildman–Crippen LogP) is 3.73. The third-order valence-corrected chi connectivity index (χ3v) is 5.06. The van der Waals surface area contributed by atoms with Crippen LogP contribution in [-0.4, -0.2) is 22.4 Å². The highest BCUT2D eigenvalue weighted by molar-refractivity contribution is 7.20. The Morgan fingerprint density at radius 3 is 2.79 bits per heavy atom. The number of carbonyl (C=O) groups excluding carboxylic acids is 1. The number of halogens is 1. The normalized spacial score (nSPS) is 11.0. The van der Waals surface area contributed by atoms with Crippen molar-refractivity contribution in [3.8, 4) is 0 Å². The van der Waals surface area contributed by atoms with Crippen molar-refractivity contribution in [3.05, 3.63) is 57.6 Å². The highest BCUT2D eigenvalue weighted by Crippen LogP contribution is 2.31. The Morgan fingerprint density at radius 2 is 2.04 bits per heavy atom. The molecule has 3 rings (SSSR count). The summed E-state index contributed by atoms with van der Waals surface area (Å²) in [6.07, 6.45) is 0.589.